The maximum absolute atomic E-state index is 14.7. The zero-order valence-corrected chi connectivity index (χ0v) is 26.9. The molecular formula is C41H43NO4. The lowest BCUT2D eigenvalue weighted by molar-refractivity contribution is -0.164. The molecule has 1 amide bonds. The van der Waals surface area contributed by atoms with Gasteiger partial charge in [-0.2, -0.15) is 0 Å². The van der Waals surface area contributed by atoms with Crippen molar-refractivity contribution >= 4 is 22.6 Å². The molecule has 3 aromatic rings. The monoisotopic (exact) mass is 613 g/mol. The number of nitrogens with zero attached hydrogens (tertiary/aromatic N) is 1. The molecule has 3 aromatic carbocycles. The average Bonchev–Trinajstić information content (AvgIpc) is 3.55. The van der Waals surface area contributed by atoms with E-state index in [1.54, 1.807) is 0 Å². The number of aliphatic hydroxyl groups excluding tert-OH is 1. The molecule has 8 atom stereocenters. The zero-order valence-electron chi connectivity index (χ0n) is 26.9. The van der Waals surface area contributed by atoms with E-state index in [0.29, 0.717) is 25.4 Å². The number of carbonyl (C=O) groups is 2. The molecular weight excluding hydrogens is 570 g/mol. The van der Waals surface area contributed by atoms with Crippen molar-refractivity contribution in [2.24, 2.45) is 33.5 Å². The summed E-state index contributed by atoms with van der Waals surface area (Å²) in [5.74, 6) is 0.575. The van der Waals surface area contributed by atoms with E-state index in [1.165, 1.54) is 10.8 Å². The van der Waals surface area contributed by atoms with Gasteiger partial charge in [0.1, 0.15) is 5.60 Å². The minimum absolute atomic E-state index is 0.0364. The van der Waals surface area contributed by atoms with Crippen LogP contribution in [0.2, 0.25) is 0 Å². The standard InChI is InChI=1S/C41H43NO4/c1-37-18-15-30(43)23-39(37)21-22-41(32(24-39)35(44)28-10-4-3-5-11-28)33(37)16-19-38(2)34(41)17-20-40(38)26-42(36(45)46-40)25-29-13-8-12-27-9-6-7-14-31(27)29/h3-14,21-22,24,30,33-34,43H,15-20,23,25-26H2,1-2H3/t30-,33+,34+,37+,38-,39-,40+,41+/m0/s1. The van der Waals surface area contributed by atoms with Gasteiger partial charge in [-0.15, -0.1) is 0 Å². The van der Waals surface area contributed by atoms with Crippen LogP contribution < -0.4 is 0 Å². The zero-order chi connectivity index (χ0) is 31.5. The molecule has 5 nitrogen and oxygen atoms in total. The lowest BCUT2D eigenvalue weighted by Crippen LogP contribution is -2.67. The number of ether oxygens (including phenoxy) is 1. The van der Waals surface area contributed by atoms with Crippen molar-refractivity contribution in [3.05, 3.63) is 108 Å². The van der Waals surface area contributed by atoms with Crippen molar-refractivity contribution in [2.75, 3.05) is 6.54 Å². The van der Waals surface area contributed by atoms with Crippen molar-refractivity contribution in [3.63, 3.8) is 0 Å². The van der Waals surface area contributed by atoms with Crippen LogP contribution in [-0.4, -0.2) is 40.1 Å². The van der Waals surface area contributed by atoms with Gasteiger partial charge in [0.2, 0.25) is 0 Å². The van der Waals surface area contributed by atoms with Crippen LogP contribution in [0.5, 0.6) is 0 Å². The van der Waals surface area contributed by atoms with Gasteiger partial charge in [-0.3, -0.25) is 9.69 Å². The van der Waals surface area contributed by atoms with E-state index >= 15 is 0 Å². The van der Waals surface area contributed by atoms with Crippen LogP contribution in [0.3, 0.4) is 0 Å². The lowest BCUT2D eigenvalue weighted by Gasteiger charge is -2.71. The number of aliphatic hydroxyl groups is 1. The molecule has 2 bridgehead atoms. The number of benzene rings is 3. The molecule has 10 rings (SSSR count). The molecule has 1 aliphatic heterocycles. The van der Waals surface area contributed by atoms with E-state index in [0.717, 1.165) is 55.2 Å². The highest BCUT2D eigenvalue weighted by Gasteiger charge is 2.76. The number of amides is 1. The van der Waals surface area contributed by atoms with Crippen molar-refractivity contribution < 1.29 is 19.4 Å². The van der Waals surface area contributed by atoms with E-state index < -0.39 is 11.0 Å². The molecule has 3 saturated carbocycles. The summed E-state index contributed by atoms with van der Waals surface area (Å²) in [6, 6.07) is 24.4. The summed E-state index contributed by atoms with van der Waals surface area (Å²) in [7, 11) is 0. The Bertz CT molecular complexity index is 1840. The lowest BCUT2D eigenvalue weighted by atomic mass is 9.32. The van der Waals surface area contributed by atoms with Gasteiger partial charge >= 0.3 is 6.09 Å². The van der Waals surface area contributed by atoms with E-state index in [1.807, 2.05) is 35.2 Å². The summed E-state index contributed by atoms with van der Waals surface area (Å²) in [6.45, 7) is 5.91. The number of ketones is 1. The van der Waals surface area contributed by atoms with E-state index in [-0.39, 0.29) is 40.1 Å². The second-order valence-electron chi connectivity index (χ2n) is 15.8. The third-order valence-electron chi connectivity index (χ3n) is 14.2. The fraction of sp³-hybridized carbons (Fsp3) is 0.463. The van der Waals surface area contributed by atoms with Gasteiger partial charge < -0.3 is 9.84 Å². The molecule has 1 saturated heterocycles. The molecule has 0 aromatic heterocycles. The van der Waals surface area contributed by atoms with Gasteiger partial charge in [-0.25, -0.2) is 4.79 Å². The highest BCUT2D eigenvalue weighted by atomic mass is 16.6. The van der Waals surface area contributed by atoms with Crippen LogP contribution in [0, 0.1) is 33.5 Å². The third-order valence-corrected chi connectivity index (χ3v) is 14.2. The number of allylic oxidation sites excluding steroid dienone is 4. The maximum Gasteiger partial charge on any atom is 0.410 e. The molecule has 0 unspecified atom stereocenters. The van der Waals surface area contributed by atoms with Gasteiger partial charge in [0.25, 0.3) is 0 Å². The second-order valence-corrected chi connectivity index (χ2v) is 15.8. The summed E-state index contributed by atoms with van der Waals surface area (Å²) in [6.07, 6.45) is 12.6. The summed E-state index contributed by atoms with van der Waals surface area (Å²) in [5.41, 5.74) is 1.12. The van der Waals surface area contributed by atoms with Crippen LogP contribution in [-0.2, 0) is 11.3 Å². The minimum atomic E-state index is -0.594. The van der Waals surface area contributed by atoms with Gasteiger partial charge in [0.15, 0.2) is 5.78 Å². The van der Waals surface area contributed by atoms with Crippen molar-refractivity contribution in [1.29, 1.82) is 0 Å². The number of rotatable bonds is 4. The number of Topliss-reactive ketones (excluding diaryl/α,β-unsaturated/α-hetero) is 1. The Balaban J connectivity index is 1.13. The smallest absolute Gasteiger partial charge is 0.410 e. The fourth-order valence-electron chi connectivity index (χ4n) is 11.9. The molecule has 7 aliphatic rings. The van der Waals surface area contributed by atoms with Gasteiger partial charge in [0.05, 0.1) is 12.6 Å². The van der Waals surface area contributed by atoms with E-state index in [2.05, 4.69) is 74.5 Å². The van der Waals surface area contributed by atoms with Gasteiger partial charge in [0, 0.05) is 33.9 Å². The Morgan fingerprint density at radius 3 is 2.43 bits per heavy atom. The minimum Gasteiger partial charge on any atom is -0.440 e. The number of fused-ring (bicyclic) bond motifs is 3. The van der Waals surface area contributed by atoms with E-state index in [9.17, 15) is 14.7 Å². The van der Waals surface area contributed by atoms with Crippen molar-refractivity contribution in [3.8, 4) is 0 Å². The van der Waals surface area contributed by atoms with Crippen LogP contribution in [0.15, 0.2) is 96.6 Å². The molecule has 5 heteroatoms. The van der Waals surface area contributed by atoms with Crippen LogP contribution in [0.4, 0.5) is 4.79 Å². The van der Waals surface area contributed by atoms with Crippen molar-refractivity contribution in [1.82, 2.24) is 4.90 Å². The Kier molecular flexibility index (Phi) is 5.85. The predicted molar refractivity (Wildman–Crippen MR) is 178 cm³/mol. The Hall–Kier alpha value is -3.70. The third kappa shape index (κ3) is 3.45. The maximum atomic E-state index is 14.7. The van der Waals surface area contributed by atoms with E-state index in [4.69, 9.17) is 4.74 Å². The Labute approximate surface area is 271 Å². The van der Waals surface area contributed by atoms with Gasteiger partial charge in [-0.1, -0.05) is 105 Å². The first-order valence-corrected chi connectivity index (χ1v) is 17.3. The molecule has 1 N–H and O–H groups in total. The quantitative estimate of drug-likeness (QED) is 0.238. The van der Waals surface area contributed by atoms with Crippen LogP contribution >= 0.6 is 0 Å². The molecule has 236 valence electrons. The second kappa shape index (κ2) is 9.44. The first-order chi connectivity index (χ1) is 22.1. The molecule has 3 spiro atoms. The number of hydrogen-bond acceptors (Lipinski definition) is 4. The van der Waals surface area contributed by atoms with Crippen LogP contribution in [0.1, 0.15) is 74.7 Å². The highest BCUT2D eigenvalue weighted by molar-refractivity contribution is 6.10. The highest BCUT2D eigenvalue weighted by Crippen LogP contribution is 2.79. The largest absolute Gasteiger partial charge is 0.440 e. The average molecular weight is 614 g/mol. The van der Waals surface area contributed by atoms with Crippen molar-refractivity contribution in [2.45, 2.75) is 77.0 Å². The van der Waals surface area contributed by atoms with Crippen LogP contribution in [0.25, 0.3) is 10.8 Å². The van der Waals surface area contributed by atoms with Gasteiger partial charge in [-0.05, 0) is 78.5 Å². The number of hydrogen-bond donors (Lipinski definition) is 1. The molecule has 6 aliphatic carbocycles. The summed E-state index contributed by atoms with van der Waals surface area (Å²) >= 11 is 0. The molecule has 4 fully saturated rings. The Morgan fingerprint density at radius 1 is 0.870 bits per heavy atom. The Morgan fingerprint density at radius 2 is 1.59 bits per heavy atom. The predicted octanol–water partition coefficient (Wildman–Crippen LogP) is 8.27. The topological polar surface area (TPSA) is 66.8 Å². The summed E-state index contributed by atoms with van der Waals surface area (Å²) < 4.78 is 6.61. The summed E-state index contributed by atoms with van der Waals surface area (Å²) in [4.78, 5) is 30.3. The normalized spacial score (nSPS) is 40.4. The molecule has 46 heavy (non-hydrogen) atoms. The first-order valence-electron chi connectivity index (χ1n) is 17.3. The molecule has 1 heterocycles. The fourth-order valence-corrected chi connectivity index (χ4v) is 11.9. The SMILES string of the molecule is C[C@]12CC[C@H]3[C@]4(C=C[C@@]5(C=C4C(=O)c4ccccc4)C[C@@H](O)CC[C@]35C)[C@@H]1CC[C@@]21CN(Cc2cccc3ccccc23)C(=O)O1. The molecule has 0 radical (unpaired) electrons. The first kappa shape index (κ1) is 28.5. The summed E-state index contributed by atoms with van der Waals surface area (Å²) in [5, 5.41) is 13.3. The number of carbonyl (C=O) groups excluding carboxylic acids is 2.